The van der Waals surface area contributed by atoms with E-state index >= 15 is 0 Å². The van der Waals surface area contributed by atoms with Crippen molar-refractivity contribution in [1.29, 1.82) is 0 Å². The fraction of sp³-hybridized carbons (Fsp3) is 0.400. The zero-order valence-corrected chi connectivity index (χ0v) is 7.95. The first-order chi connectivity index (χ1) is 6.16. The zero-order chi connectivity index (χ0) is 9.84. The van der Waals surface area contributed by atoms with Crippen LogP contribution in [-0.4, -0.2) is 18.8 Å². The van der Waals surface area contributed by atoms with Gasteiger partial charge in [-0.25, -0.2) is 0 Å². The molecule has 0 bridgehead atoms. The number of methoxy groups -OCH3 is 1. The van der Waals surface area contributed by atoms with E-state index in [1.165, 1.54) is 0 Å². The molecular weight excluding hydrogens is 166 g/mol. The molecule has 1 rings (SSSR count). The lowest BCUT2D eigenvalue weighted by Gasteiger charge is -2.14. The SMILES string of the molecule is COC[C@@H](N)c1cccc(O)c1C. The van der Waals surface area contributed by atoms with Gasteiger partial charge in [0, 0.05) is 7.11 Å². The highest BCUT2D eigenvalue weighted by atomic mass is 16.5. The number of nitrogens with two attached hydrogens (primary N) is 1. The van der Waals surface area contributed by atoms with Gasteiger partial charge in [0.1, 0.15) is 5.75 Å². The molecule has 13 heavy (non-hydrogen) atoms. The van der Waals surface area contributed by atoms with Gasteiger partial charge in [-0.1, -0.05) is 12.1 Å². The maximum absolute atomic E-state index is 9.42. The predicted octanol–water partition coefficient (Wildman–Crippen LogP) is 1.35. The number of phenolic OH excluding ortho intramolecular Hbond substituents is 1. The molecule has 0 radical (unpaired) electrons. The molecule has 0 saturated carbocycles. The van der Waals surface area contributed by atoms with Crippen LogP contribution in [0.25, 0.3) is 0 Å². The third-order valence-electron chi connectivity index (χ3n) is 2.09. The Morgan fingerprint density at radius 2 is 2.23 bits per heavy atom. The minimum Gasteiger partial charge on any atom is -0.508 e. The predicted molar refractivity (Wildman–Crippen MR) is 51.6 cm³/mol. The van der Waals surface area contributed by atoms with Crippen LogP contribution >= 0.6 is 0 Å². The first-order valence-electron chi connectivity index (χ1n) is 4.19. The summed E-state index contributed by atoms with van der Waals surface area (Å²) in [5, 5.41) is 9.42. The molecule has 1 aromatic carbocycles. The molecule has 0 saturated heterocycles. The maximum atomic E-state index is 9.42. The van der Waals surface area contributed by atoms with E-state index in [-0.39, 0.29) is 11.8 Å². The Morgan fingerprint density at radius 3 is 2.85 bits per heavy atom. The van der Waals surface area contributed by atoms with E-state index in [1.54, 1.807) is 19.2 Å². The van der Waals surface area contributed by atoms with Crippen LogP contribution in [0.15, 0.2) is 18.2 Å². The lowest BCUT2D eigenvalue weighted by atomic mass is 10.0. The molecule has 72 valence electrons. The number of rotatable bonds is 3. The number of hydrogen-bond donors (Lipinski definition) is 2. The Kier molecular flexibility index (Phi) is 3.28. The molecule has 0 unspecified atom stereocenters. The van der Waals surface area contributed by atoms with Crippen LogP contribution in [0.2, 0.25) is 0 Å². The molecule has 1 aromatic rings. The zero-order valence-electron chi connectivity index (χ0n) is 7.95. The van der Waals surface area contributed by atoms with Crippen molar-refractivity contribution >= 4 is 0 Å². The number of hydrogen-bond acceptors (Lipinski definition) is 3. The summed E-state index contributed by atoms with van der Waals surface area (Å²) in [6.45, 7) is 2.31. The van der Waals surface area contributed by atoms with E-state index in [1.807, 2.05) is 13.0 Å². The monoisotopic (exact) mass is 181 g/mol. The summed E-state index contributed by atoms with van der Waals surface area (Å²) in [7, 11) is 1.61. The van der Waals surface area contributed by atoms with Crippen LogP contribution in [0.5, 0.6) is 5.75 Å². The molecule has 0 aliphatic heterocycles. The summed E-state index contributed by atoms with van der Waals surface area (Å²) in [4.78, 5) is 0. The maximum Gasteiger partial charge on any atom is 0.118 e. The van der Waals surface area contributed by atoms with E-state index in [0.29, 0.717) is 6.61 Å². The Bertz CT molecular complexity index is 286. The Labute approximate surface area is 78.1 Å². The van der Waals surface area contributed by atoms with E-state index in [9.17, 15) is 5.11 Å². The Morgan fingerprint density at radius 1 is 1.54 bits per heavy atom. The molecule has 0 aliphatic carbocycles. The molecule has 3 N–H and O–H groups in total. The quantitative estimate of drug-likeness (QED) is 0.740. The van der Waals surface area contributed by atoms with Gasteiger partial charge in [0.25, 0.3) is 0 Å². The molecule has 0 aromatic heterocycles. The molecule has 3 heteroatoms. The van der Waals surface area contributed by atoms with Crippen LogP contribution in [0.1, 0.15) is 17.2 Å². The second kappa shape index (κ2) is 4.25. The number of benzene rings is 1. The summed E-state index contributed by atoms with van der Waals surface area (Å²) in [5.41, 5.74) is 7.60. The van der Waals surface area contributed by atoms with Crippen LogP contribution in [-0.2, 0) is 4.74 Å². The van der Waals surface area contributed by atoms with Crippen LogP contribution in [0.3, 0.4) is 0 Å². The standard InChI is InChI=1S/C10H15NO2/c1-7-8(9(11)6-13-2)4-3-5-10(7)12/h3-5,9,12H,6,11H2,1-2H3/t9-/m1/s1. The smallest absolute Gasteiger partial charge is 0.118 e. The van der Waals surface area contributed by atoms with Gasteiger partial charge in [0.15, 0.2) is 0 Å². The van der Waals surface area contributed by atoms with Crippen molar-refractivity contribution < 1.29 is 9.84 Å². The molecule has 3 nitrogen and oxygen atoms in total. The van der Waals surface area contributed by atoms with E-state index in [2.05, 4.69) is 0 Å². The second-order valence-electron chi connectivity index (χ2n) is 3.05. The third-order valence-corrected chi connectivity index (χ3v) is 2.09. The van der Waals surface area contributed by atoms with Gasteiger partial charge in [-0.2, -0.15) is 0 Å². The van der Waals surface area contributed by atoms with Gasteiger partial charge in [0.05, 0.1) is 12.6 Å². The molecule has 0 fully saturated rings. The van der Waals surface area contributed by atoms with Crippen molar-refractivity contribution in [1.82, 2.24) is 0 Å². The fourth-order valence-corrected chi connectivity index (χ4v) is 1.31. The van der Waals surface area contributed by atoms with Gasteiger partial charge >= 0.3 is 0 Å². The lowest BCUT2D eigenvalue weighted by Crippen LogP contribution is -2.17. The summed E-state index contributed by atoms with van der Waals surface area (Å²) in [5.74, 6) is 0.282. The van der Waals surface area contributed by atoms with Gasteiger partial charge in [-0.15, -0.1) is 0 Å². The summed E-state index contributed by atoms with van der Waals surface area (Å²) >= 11 is 0. The number of aromatic hydroxyl groups is 1. The topological polar surface area (TPSA) is 55.5 Å². The summed E-state index contributed by atoms with van der Waals surface area (Å²) in [6, 6.07) is 5.17. The molecule has 0 spiro atoms. The van der Waals surface area contributed by atoms with Crippen molar-refractivity contribution in [3.05, 3.63) is 29.3 Å². The average molecular weight is 181 g/mol. The normalized spacial score (nSPS) is 12.8. The molecule has 0 amide bonds. The first kappa shape index (κ1) is 10.0. The Balaban J connectivity index is 2.93. The Hall–Kier alpha value is -1.06. The first-order valence-corrected chi connectivity index (χ1v) is 4.19. The molecule has 1 atom stereocenters. The van der Waals surface area contributed by atoms with Crippen LogP contribution in [0.4, 0.5) is 0 Å². The largest absolute Gasteiger partial charge is 0.508 e. The minimum atomic E-state index is -0.169. The van der Waals surface area contributed by atoms with E-state index in [4.69, 9.17) is 10.5 Å². The molecule has 0 heterocycles. The lowest BCUT2D eigenvalue weighted by molar-refractivity contribution is 0.180. The van der Waals surface area contributed by atoms with Crippen LogP contribution in [0, 0.1) is 6.92 Å². The summed E-state index contributed by atoms with van der Waals surface area (Å²) in [6.07, 6.45) is 0. The number of phenols is 1. The van der Waals surface area contributed by atoms with Crippen molar-refractivity contribution in [3.8, 4) is 5.75 Å². The minimum absolute atomic E-state index is 0.169. The second-order valence-corrected chi connectivity index (χ2v) is 3.05. The van der Waals surface area contributed by atoms with Crippen molar-refractivity contribution in [3.63, 3.8) is 0 Å². The van der Waals surface area contributed by atoms with Crippen molar-refractivity contribution in [2.75, 3.05) is 13.7 Å². The summed E-state index contributed by atoms with van der Waals surface area (Å²) < 4.78 is 4.95. The highest BCUT2D eigenvalue weighted by Gasteiger charge is 2.10. The number of ether oxygens (including phenoxy) is 1. The third kappa shape index (κ3) is 2.20. The van der Waals surface area contributed by atoms with Crippen molar-refractivity contribution in [2.45, 2.75) is 13.0 Å². The average Bonchev–Trinajstić information content (AvgIpc) is 2.10. The van der Waals surface area contributed by atoms with Gasteiger partial charge in [0.2, 0.25) is 0 Å². The molecular formula is C10H15NO2. The highest BCUT2D eigenvalue weighted by molar-refractivity contribution is 5.39. The van der Waals surface area contributed by atoms with Crippen LogP contribution < -0.4 is 5.73 Å². The van der Waals surface area contributed by atoms with Gasteiger partial charge in [-0.3, -0.25) is 0 Å². The van der Waals surface area contributed by atoms with Gasteiger partial charge < -0.3 is 15.6 Å². The molecule has 0 aliphatic rings. The fourth-order valence-electron chi connectivity index (χ4n) is 1.31. The van der Waals surface area contributed by atoms with E-state index < -0.39 is 0 Å². The van der Waals surface area contributed by atoms with E-state index in [0.717, 1.165) is 11.1 Å². The van der Waals surface area contributed by atoms with Crippen molar-refractivity contribution in [2.24, 2.45) is 5.73 Å². The highest BCUT2D eigenvalue weighted by Crippen LogP contribution is 2.23. The van der Waals surface area contributed by atoms with Gasteiger partial charge in [-0.05, 0) is 24.1 Å².